The zero-order valence-corrected chi connectivity index (χ0v) is 20.6. The van der Waals surface area contributed by atoms with Crippen molar-refractivity contribution in [2.24, 2.45) is 5.92 Å². The first-order valence-electron chi connectivity index (χ1n) is 11.8. The highest BCUT2D eigenvalue weighted by Crippen LogP contribution is 2.48. The van der Waals surface area contributed by atoms with Crippen molar-refractivity contribution in [3.63, 3.8) is 0 Å². The Hall–Kier alpha value is -2.81. The molecular weight excluding hydrogens is 453 g/mol. The number of ether oxygens (including phenoxy) is 3. The highest BCUT2D eigenvalue weighted by atomic mass is 19.1. The van der Waals surface area contributed by atoms with Crippen LogP contribution in [0.15, 0.2) is 60.7 Å². The van der Waals surface area contributed by atoms with E-state index >= 15 is 4.39 Å². The molecule has 0 bridgehead atoms. The topological polar surface area (TPSA) is 85.3 Å². The van der Waals surface area contributed by atoms with Crippen LogP contribution in [-0.4, -0.2) is 58.3 Å². The minimum absolute atomic E-state index is 0.0863. The van der Waals surface area contributed by atoms with Crippen LogP contribution in [0.5, 0.6) is 0 Å². The highest BCUT2D eigenvalue weighted by Gasteiger charge is 2.63. The smallest absolute Gasteiger partial charge is 0.418 e. The molecule has 2 amide bonds. The second-order valence-electron chi connectivity index (χ2n) is 10.1. The number of amides is 2. The maximum absolute atomic E-state index is 16.1. The summed E-state index contributed by atoms with van der Waals surface area (Å²) in [5, 5.41) is 10.8. The van der Waals surface area contributed by atoms with Crippen LogP contribution in [0.1, 0.15) is 45.7 Å². The van der Waals surface area contributed by atoms with Crippen LogP contribution in [-0.2, 0) is 24.6 Å². The predicted octanol–water partition coefficient (Wildman–Crippen LogP) is 4.17. The summed E-state index contributed by atoms with van der Waals surface area (Å²) in [5.41, 5.74) is -2.89. The van der Waals surface area contributed by atoms with E-state index in [9.17, 15) is 14.7 Å². The van der Waals surface area contributed by atoms with Gasteiger partial charge in [0.25, 0.3) is 5.91 Å². The molecule has 2 heterocycles. The molecule has 8 heteroatoms. The van der Waals surface area contributed by atoms with Gasteiger partial charge in [0.05, 0.1) is 12.6 Å². The predicted molar refractivity (Wildman–Crippen MR) is 126 cm³/mol. The van der Waals surface area contributed by atoms with Crippen LogP contribution in [0.4, 0.5) is 9.18 Å². The molecule has 7 nitrogen and oxygen atoms in total. The van der Waals surface area contributed by atoms with Gasteiger partial charge in [-0.1, -0.05) is 74.5 Å². The molecule has 0 aliphatic carbocycles. The lowest BCUT2D eigenvalue weighted by Gasteiger charge is -2.39. The standard InChI is InChI=1S/C27H32FNO6/c1-17(2)21-27(18-12-8-6-9-13-18,19-14-10-7-11-15-19)35-24(32)29(21)23(31)26(5,28)22(30)20-16-33-25(3,4)34-20/h6-15,17,20-22,30H,16H2,1-5H3/t20-,21+,22-,26?/m1/s1. The number of halogens is 1. The van der Waals surface area contributed by atoms with Gasteiger partial charge in [-0.3, -0.25) is 4.79 Å². The van der Waals surface area contributed by atoms with E-state index in [0.29, 0.717) is 11.1 Å². The normalized spacial score (nSPS) is 25.8. The van der Waals surface area contributed by atoms with Crippen LogP contribution >= 0.6 is 0 Å². The molecule has 0 saturated carbocycles. The van der Waals surface area contributed by atoms with Crippen molar-refractivity contribution in [2.75, 3.05) is 6.61 Å². The number of cyclic esters (lactones) is 1. The van der Waals surface area contributed by atoms with Crippen LogP contribution in [0.2, 0.25) is 0 Å². The van der Waals surface area contributed by atoms with Crippen molar-refractivity contribution in [3.8, 4) is 0 Å². The van der Waals surface area contributed by atoms with Gasteiger partial charge in [-0.25, -0.2) is 14.1 Å². The molecule has 2 aromatic carbocycles. The average Bonchev–Trinajstić information content (AvgIpc) is 3.36. The lowest BCUT2D eigenvalue weighted by Crippen LogP contribution is -2.59. The quantitative estimate of drug-likeness (QED) is 0.661. The highest BCUT2D eigenvalue weighted by molar-refractivity contribution is 5.99. The Morgan fingerprint density at radius 1 is 1.09 bits per heavy atom. The van der Waals surface area contributed by atoms with E-state index in [4.69, 9.17) is 14.2 Å². The number of carbonyl (C=O) groups excluding carboxylic acids is 2. The van der Waals surface area contributed by atoms with Gasteiger partial charge in [-0.05, 0) is 26.7 Å². The molecule has 188 valence electrons. The molecule has 35 heavy (non-hydrogen) atoms. The lowest BCUT2D eigenvalue weighted by atomic mass is 9.75. The minimum atomic E-state index is -2.84. The fourth-order valence-corrected chi connectivity index (χ4v) is 5.10. The van der Waals surface area contributed by atoms with E-state index in [1.54, 1.807) is 13.8 Å². The van der Waals surface area contributed by atoms with Crippen LogP contribution in [0.3, 0.4) is 0 Å². The Morgan fingerprint density at radius 3 is 2.03 bits per heavy atom. The summed E-state index contributed by atoms with van der Waals surface area (Å²) in [6.45, 7) is 7.84. The number of aliphatic hydroxyl groups excluding tert-OH is 1. The summed E-state index contributed by atoms with van der Waals surface area (Å²) >= 11 is 0. The van der Waals surface area contributed by atoms with E-state index in [-0.39, 0.29) is 12.5 Å². The zero-order valence-electron chi connectivity index (χ0n) is 20.6. The molecule has 0 spiro atoms. The number of hydrogen-bond acceptors (Lipinski definition) is 6. The monoisotopic (exact) mass is 485 g/mol. The van der Waals surface area contributed by atoms with Crippen LogP contribution in [0.25, 0.3) is 0 Å². The molecule has 0 radical (unpaired) electrons. The molecule has 4 atom stereocenters. The summed E-state index contributed by atoms with van der Waals surface area (Å²) in [6, 6.07) is 17.3. The Kier molecular flexibility index (Phi) is 6.51. The van der Waals surface area contributed by atoms with Crippen molar-refractivity contribution in [2.45, 2.75) is 69.9 Å². The third kappa shape index (κ3) is 4.24. The number of rotatable bonds is 6. The molecule has 4 rings (SSSR count). The first-order chi connectivity index (χ1) is 16.4. The molecular formula is C27H32FNO6. The molecule has 2 aliphatic rings. The van der Waals surface area contributed by atoms with Gasteiger partial charge in [-0.2, -0.15) is 0 Å². The number of imide groups is 1. The van der Waals surface area contributed by atoms with Gasteiger partial charge in [0.2, 0.25) is 5.67 Å². The zero-order chi connectivity index (χ0) is 25.6. The second kappa shape index (κ2) is 9.00. The number of nitrogens with zero attached hydrogens (tertiary/aromatic N) is 1. The first-order valence-corrected chi connectivity index (χ1v) is 11.8. The summed E-state index contributed by atoms with van der Waals surface area (Å²) in [6.07, 6.45) is -3.91. The van der Waals surface area contributed by atoms with E-state index in [1.807, 2.05) is 74.5 Å². The number of alkyl halides is 1. The van der Waals surface area contributed by atoms with Gasteiger partial charge in [0.1, 0.15) is 12.2 Å². The Morgan fingerprint density at radius 2 is 1.60 bits per heavy atom. The molecule has 2 aromatic rings. The van der Waals surface area contributed by atoms with Crippen molar-refractivity contribution >= 4 is 12.0 Å². The molecule has 2 fully saturated rings. The minimum Gasteiger partial charge on any atom is -0.430 e. The Balaban J connectivity index is 1.78. The fraction of sp³-hybridized carbons (Fsp3) is 0.481. The summed E-state index contributed by atoms with van der Waals surface area (Å²) in [5.74, 6) is -2.52. The number of hydrogen-bond donors (Lipinski definition) is 1. The van der Waals surface area contributed by atoms with E-state index < -0.39 is 47.3 Å². The number of carbonyl (C=O) groups is 2. The van der Waals surface area contributed by atoms with Gasteiger partial charge in [-0.15, -0.1) is 0 Å². The number of benzene rings is 2. The summed E-state index contributed by atoms with van der Waals surface area (Å²) < 4.78 is 33.2. The maximum Gasteiger partial charge on any atom is 0.418 e. The van der Waals surface area contributed by atoms with Gasteiger partial charge in [0.15, 0.2) is 11.4 Å². The molecule has 1 N–H and O–H groups in total. The SMILES string of the molecule is CC(C)[C@@H]1N(C(=O)C(C)(F)[C@H](O)[C@H]2COC(C)(C)O2)C(=O)OC1(c1ccccc1)c1ccccc1. The van der Waals surface area contributed by atoms with Gasteiger partial charge < -0.3 is 19.3 Å². The van der Waals surface area contributed by atoms with E-state index in [1.165, 1.54) is 0 Å². The van der Waals surface area contributed by atoms with E-state index in [2.05, 4.69) is 0 Å². The average molecular weight is 486 g/mol. The first kappa shape index (κ1) is 25.3. The Labute approximate surface area is 204 Å². The molecule has 2 aliphatic heterocycles. The summed E-state index contributed by atoms with van der Waals surface area (Å²) in [7, 11) is 0. The van der Waals surface area contributed by atoms with E-state index in [0.717, 1.165) is 11.8 Å². The summed E-state index contributed by atoms with van der Waals surface area (Å²) in [4.78, 5) is 27.9. The molecule has 2 saturated heterocycles. The van der Waals surface area contributed by atoms with Crippen molar-refractivity contribution in [1.29, 1.82) is 0 Å². The van der Waals surface area contributed by atoms with Gasteiger partial charge >= 0.3 is 6.09 Å². The third-order valence-electron chi connectivity index (χ3n) is 6.75. The van der Waals surface area contributed by atoms with Crippen molar-refractivity contribution < 1.29 is 33.3 Å². The fourth-order valence-electron chi connectivity index (χ4n) is 5.10. The van der Waals surface area contributed by atoms with Crippen molar-refractivity contribution in [3.05, 3.63) is 71.8 Å². The Bertz CT molecular complexity index is 1030. The molecule has 0 aromatic heterocycles. The van der Waals surface area contributed by atoms with Crippen LogP contribution in [0, 0.1) is 5.92 Å². The second-order valence-corrected chi connectivity index (χ2v) is 10.1. The third-order valence-corrected chi connectivity index (χ3v) is 6.75. The van der Waals surface area contributed by atoms with Crippen molar-refractivity contribution in [1.82, 2.24) is 4.90 Å². The maximum atomic E-state index is 16.1. The number of aliphatic hydroxyl groups is 1. The lowest BCUT2D eigenvalue weighted by molar-refractivity contribution is -0.175. The largest absolute Gasteiger partial charge is 0.430 e. The van der Waals surface area contributed by atoms with Gasteiger partial charge in [0, 0.05) is 11.1 Å². The molecule has 1 unspecified atom stereocenters. The van der Waals surface area contributed by atoms with Crippen LogP contribution < -0.4 is 0 Å².